The Kier molecular flexibility index (Phi) is 5.24. The second-order valence-corrected chi connectivity index (χ2v) is 6.68. The van der Waals surface area contributed by atoms with Crippen LogP contribution in [0.15, 0.2) is 66.9 Å². The van der Waals surface area contributed by atoms with Gasteiger partial charge in [-0.05, 0) is 36.4 Å². The van der Waals surface area contributed by atoms with Crippen molar-refractivity contribution in [2.75, 3.05) is 5.32 Å². The van der Waals surface area contributed by atoms with E-state index in [4.69, 9.17) is 11.6 Å². The van der Waals surface area contributed by atoms with Crippen LogP contribution in [0.2, 0.25) is 5.02 Å². The number of carbonyl (C=O) groups is 1. The van der Waals surface area contributed by atoms with Crippen molar-refractivity contribution in [3.63, 3.8) is 0 Å². The van der Waals surface area contributed by atoms with Gasteiger partial charge in [-0.1, -0.05) is 35.9 Å². The van der Waals surface area contributed by atoms with Gasteiger partial charge >= 0.3 is 0 Å². The summed E-state index contributed by atoms with van der Waals surface area (Å²) < 4.78 is 14.2. The standard InChI is InChI=1S/C22H13ClFN5O/c23-15-7-4-8-16(24)19(15)21-28-18(11-25)20(29-21)13-9-10-17(26-12-13)22(30)27-14-5-2-1-3-6-14/h1-10,12H,(H,27,30)(H,28,29). The maximum Gasteiger partial charge on any atom is 0.274 e. The first-order valence-electron chi connectivity index (χ1n) is 8.84. The zero-order valence-electron chi connectivity index (χ0n) is 15.4. The molecule has 0 saturated heterocycles. The molecule has 2 aromatic heterocycles. The van der Waals surface area contributed by atoms with Crippen LogP contribution in [0.1, 0.15) is 16.2 Å². The number of H-pyrrole nitrogens is 1. The molecule has 30 heavy (non-hydrogen) atoms. The summed E-state index contributed by atoms with van der Waals surface area (Å²) in [6.45, 7) is 0. The fraction of sp³-hybridized carbons (Fsp3) is 0. The quantitative estimate of drug-likeness (QED) is 0.485. The Hall–Kier alpha value is -4.02. The van der Waals surface area contributed by atoms with Crippen LogP contribution in [0, 0.1) is 17.1 Å². The predicted molar refractivity (Wildman–Crippen MR) is 111 cm³/mol. The van der Waals surface area contributed by atoms with Gasteiger partial charge in [-0.15, -0.1) is 0 Å². The van der Waals surface area contributed by atoms with Crippen molar-refractivity contribution in [2.24, 2.45) is 0 Å². The zero-order valence-corrected chi connectivity index (χ0v) is 16.1. The molecule has 1 amide bonds. The Morgan fingerprint density at radius 1 is 1.10 bits per heavy atom. The number of amides is 1. The maximum absolute atomic E-state index is 14.2. The van der Waals surface area contributed by atoms with Crippen LogP contribution in [-0.4, -0.2) is 20.9 Å². The molecule has 0 radical (unpaired) electrons. The first-order valence-corrected chi connectivity index (χ1v) is 9.22. The van der Waals surface area contributed by atoms with E-state index < -0.39 is 5.82 Å². The molecule has 0 atom stereocenters. The van der Waals surface area contributed by atoms with Gasteiger partial charge in [-0.3, -0.25) is 9.78 Å². The highest BCUT2D eigenvalue weighted by atomic mass is 35.5. The number of hydrogen-bond acceptors (Lipinski definition) is 4. The van der Waals surface area contributed by atoms with Gasteiger partial charge in [0.1, 0.15) is 34.8 Å². The van der Waals surface area contributed by atoms with Gasteiger partial charge in [0, 0.05) is 17.4 Å². The van der Waals surface area contributed by atoms with Crippen molar-refractivity contribution in [1.82, 2.24) is 15.0 Å². The number of aromatic amines is 1. The van der Waals surface area contributed by atoms with Crippen molar-refractivity contribution in [3.8, 4) is 28.7 Å². The van der Waals surface area contributed by atoms with Crippen LogP contribution in [0.25, 0.3) is 22.6 Å². The Labute approximate surface area is 176 Å². The summed E-state index contributed by atoms with van der Waals surface area (Å²) in [7, 11) is 0. The average Bonchev–Trinajstić information content (AvgIpc) is 3.18. The van der Waals surface area contributed by atoms with Gasteiger partial charge in [0.05, 0.1) is 10.6 Å². The highest BCUT2D eigenvalue weighted by Crippen LogP contribution is 2.31. The first kappa shape index (κ1) is 19.3. The molecule has 0 aliphatic rings. The summed E-state index contributed by atoms with van der Waals surface area (Å²) in [5, 5.41) is 12.4. The van der Waals surface area contributed by atoms with E-state index >= 15 is 0 Å². The maximum atomic E-state index is 14.2. The molecule has 0 unspecified atom stereocenters. The van der Waals surface area contributed by atoms with Crippen LogP contribution in [0.3, 0.4) is 0 Å². The number of benzene rings is 2. The lowest BCUT2D eigenvalue weighted by molar-refractivity contribution is 0.102. The van der Waals surface area contributed by atoms with Gasteiger partial charge in [-0.25, -0.2) is 9.37 Å². The lowest BCUT2D eigenvalue weighted by Crippen LogP contribution is -2.13. The highest BCUT2D eigenvalue weighted by molar-refractivity contribution is 6.33. The number of pyridine rings is 1. The number of rotatable bonds is 4. The normalized spacial score (nSPS) is 10.4. The van der Waals surface area contributed by atoms with Crippen LogP contribution in [-0.2, 0) is 0 Å². The third kappa shape index (κ3) is 3.77. The smallest absolute Gasteiger partial charge is 0.274 e. The largest absolute Gasteiger partial charge is 0.329 e. The molecular formula is C22H13ClFN5O. The van der Waals surface area contributed by atoms with E-state index in [0.717, 1.165) is 0 Å². The zero-order chi connectivity index (χ0) is 21.1. The number of nitrogens with zero attached hydrogens (tertiary/aromatic N) is 3. The lowest BCUT2D eigenvalue weighted by Gasteiger charge is -2.05. The second-order valence-electron chi connectivity index (χ2n) is 6.27. The minimum atomic E-state index is -0.557. The van der Waals surface area contributed by atoms with Crippen LogP contribution < -0.4 is 5.32 Å². The van der Waals surface area contributed by atoms with E-state index in [9.17, 15) is 14.4 Å². The summed E-state index contributed by atoms with van der Waals surface area (Å²) in [5.74, 6) is -0.789. The summed E-state index contributed by atoms with van der Waals surface area (Å²) in [6, 6.07) is 18.4. The molecule has 4 aromatic rings. The molecule has 0 aliphatic carbocycles. The molecule has 2 aromatic carbocycles. The van der Waals surface area contributed by atoms with Gasteiger partial charge in [0.2, 0.25) is 0 Å². The lowest BCUT2D eigenvalue weighted by atomic mass is 10.1. The summed E-state index contributed by atoms with van der Waals surface area (Å²) in [5.41, 5.74) is 1.85. The van der Waals surface area contributed by atoms with E-state index in [1.54, 1.807) is 18.2 Å². The Balaban J connectivity index is 1.64. The van der Waals surface area contributed by atoms with Crippen LogP contribution >= 0.6 is 11.6 Å². The number of hydrogen-bond donors (Lipinski definition) is 2. The number of carbonyl (C=O) groups excluding carboxylic acids is 1. The molecule has 4 rings (SSSR count). The summed E-state index contributed by atoms with van der Waals surface area (Å²) >= 11 is 6.10. The minimum absolute atomic E-state index is 0.0775. The number of para-hydroxylation sites is 1. The molecule has 6 nitrogen and oxygen atoms in total. The van der Waals surface area contributed by atoms with Crippen molar-refractivity contribution in [1.29, 1.82) is 5.26 Å². The van der Waals surface area contributed by atoms with E-state index in [1.807, 2.05) is 24.3 Å². The van der Waals surface area contributed by atoms with E-state index in [0.29, 0.717) is 11.3 Å². The number of nitrogens with one attached hydrogen (secondary N) is 2. The van der Waals surface area contributed by atoms with Gasteiger partial charge in [0.15, 0.2) is 0 Å². The number of anilines is 1. The molecule has 8 heteroatoms. The molecule has 0 aliphatic heterocycles. The molecule has 2 heterocycles. The minimum Gasteiger partial charge on any atom is -0.329 e. The Morgan fingerprint density at radius 3 is 2.57 bits per heavy atom. The van der Waals surface area contributed by atoms with Crippen molar-refractivity contribution in [3.05, 3.63) is 89.1 Å². The fourth-order valence-corrected chi connectivity index (χ4v) is 3.14. The van der Waals surface area contributed by atoms with E-state index in [1.165, 1.54) is 30.5 Å². The monoisotopic (exact) mass is 417 g/mol. The SMILES string of the molecule is N#Cc1[nH]c(-c2c(F)cccc2Cl)nc1-c1ccc(C(=O)Nc2ccccc2)nc1. The van der Waals surface area contributed by atoms with Crippen molar-refractivity contribution in [2.45, 2.75) is 0 Å². The molecule has 2 N–H and O–H groups in total. The Bertz CT molecular complexity index is 1240. The molecule has 146 valence electrons. The molecule has 0 spiro atoms. The molecule has 0 bridgehead atoms. The van der Waals surface area contributed by atoms with E-state index in [2.05, 4.69) is 20.3 Å². The first-order chi connectivity index (χ1) is 14.6. The van der Waals surface area contributed by atoms with Crippen molar-refractivity contribution >= 4 is 23.2 Å². The second kappa shape index (κ2) is 8.15. The highest BCUT2D eigenvalue weighted by Gasteiger charge is 2.19. The number of nitriles is 1. The predicted octanol–water partition coefficient (Wildman–Crippen LogP) is 5.06. The molecule has 0 saturated carbocycles. The summed E-state index contributed by atoms with van der Waals surface area (Å²) in [4.78, 5) is 23.6. The fourth-order valence-electron chi connectivity index (χ4n) is 2.89. The van der Waals surface area contributed by atoms with Gasteiger partial charge < -0.3 is 10.3 Å². The number of halogens is 2. The molecule has 0 fully saturated rings. The van der Waals surface area contributed by atoms with Gasteiger partial charge in [0.25, 0.3) is 5.91 Å². The number of imidazole rings is 1. The third-order valence-electron chi connectivity index (χ3n) is 4.32. The van der Waals surface area contributed by atoms with E-state index in [-0.39, 0.29) is 39.4 Å². The Morgan fingerprint density at radius 2 is 1.90 bits per heavy atom. The number of aromatic nitrogens is 3. The van der Waals surface area contributed by atoms with Crippen molar-refractivity contribution < 1.29 is 9.18 Å². The summed E-state index contributed by atoms with van der Waals surface area (Å²) in [6.07, 6.45) is 1.43. The molecular weight excluding hydrogens is 405 g/mol. The average molecular weight is 418 g/mol. The topological polar surface area (TPSA) is 94.5 Å². The van der Waals surface area contributed by atoms with Gasteiger partial charge in [-0.2, -0.15) is 5.26 Å². The van der Waals surface area contributed by atoms with Crippen LogP contribution in [0.4, 0.5) is 10.1 Å². The van der Waals surface area contributed by atoms with Crippen LogP contribution in [0.5, 0.6) is 0 Å². The third-order valence-corrected chi connectivity index (χ3v) is 4.63.